The van der Waals surface area contributed by atoms with E-state index < -0.39 is 5.97 Å². The molecule has 118 valence electrons. The number of rotatable bonds is 2. The third-order valence-corrected chi connectivity index (χ3v) is 4.25. The molecule has 0 aliphatic heterocycles. The molecule has 2 aromatic rings. The van der Waals surface area contributed by atoms with Gasteiger partial charge in [-0.3, -0.25) is 0 Å². The van der Waals surface area contributed by atoms with Gasteiger partial charge in [0.1, 0.15) is 5.75 Å². The maximum Gasteiger partial charge on any atom is 0.367 e. The van der Waals surface area contributed by atoms with E-state index in [9.17, 15) is 9.90 Å². The van der Waals surface area contributed by atoms with E-state index in [0.717, 1.165) is 41.7 Å². The number of halogens is 1. The number of aryl methyl sites for hydroxylation is 2. The minimum Gasteiger partial charge on any atom is -0.508 e. The second kappa shape index (κ2) is 6.42. The molecule has 0 aromatic heterocycles. The van der Waals surface area contributed by atoms with Crippen LogP contribution in [-0.2, 0) is 11.3 Å². The third kappa shape index (κ3) is 3.22. The summed E-state index contributed by atoms with van der Waals surface area (Å²) in [5, 5.41) is 14.2. The lowest BCUT2D eigenvalue weighted by Gasteiger charge is -2.18. The number of aromatic hydroxyl groups is 1. The molecule has 3 rings (SSSR count). The van der Waals surface area contributed by atoms with Gasteiger partial charge in [-0.25, -0.2) is 4.79 Å². The number of benzene rings is 2. The summed E-state index contributed by atoms with van der Waals surface area (Å²) >= 11 is 5.98. The zero-order valence-electron chi connectivity index (χ0n) is 12.7. The topological polar surface area (TPSA) is 58.9 Å². The van der Waals surface area contributed by atoms with Crippen molar-refractivity contribution < 1.29 is 14.7 Å². The average molecular weight is 330 g/mol. The number of phenols is 1. The number of hydrogen-bond donors (Lipinski definition) is 1. The molecule has 0 saturated carbocycles. The Kier molecular flexibility index (Phi) is 4.35. The van der Waals surface area contributed by atoms with Crippen molar-refractivity contribution in [2.24, 2.45) is 5.16 Å². The molecule has 0 atom stereocenters. The van der Waals surface area contributed by atoms with Crippen LogP contribution < -0.4 is 0 Å². The van der Waals surface area contributed by atoms with Crippen molar-refractivity contribution in [2.45, 2.75) is 26.2 Å². The van der Waals surface area contributed by atoms with E-state index in [1.807, 2.05) is 13.0 Å². The number of carbonyl (C=O) groups excluding carboxylic acids is 1. The summed E-state index contributed by atoms with van der Waals surface area (Å²) in [6.07, 6.45) is 2.51. The van der Waals surface area contributed by atoms with Crippen molar-refractivity contribution in [2.75, 3.05) is 0 Å². The molecule has 0 saturated heterocycles. The van der Waals surface area contributed by atoms with Crippen molar-refractivity contribution in [3.05, 3.63) is 63.7 Å². The first-order valence-corrected chi connectivity index (χ1v) is 7.79. The molecule has 1 N–H and O–H groups in total. The van der Waals surface area contributed by atoms with Crippen LogP contribution in [0.5, 0.6) is 5.75 Å². The number of oxime groups is 1. The molecule has 1 aliphatic rings. The van der Waals surface area contributed by atoms with Gasteiger partial charge in [0, 0.05) is 5.56 Å². The largest absolute Gasteiger partial charge is 0.508 e. The van der Waals surface area contributed by atoms with Crippen LogP contribution in [0.15, 0.2) is 41.6 Å². The van der Waals surface area contributed by atoms with Crippen LogP contribution >= 0.6 is 11.6 Å². The lowest BCUT2D eigenvalue weighted by atomic mass is 9.88. The minimum absolute atomic E-state index is 0.276. The highest BCUT2D eigenvalue weighted by atomic mass is 35.5. The predicted molar refractivity (Wildman–Crippen MR) is 89.2 cm³/mol. The lowest BCUT2D eigenvalue weighted by Crippen LogP contribution is -2.14. The summed E-state index contributed by atoms with van der Waals surface area (Å²) in [5.41, 5.74) is 3.73. The Hall–Kier alpha value is -2.33. The quantitative estimate of drug-likeness (QED) is 0.662. The molecular weight excluding hydrogens is 314 g/mol. The number of fused-ring (bicyclic) bond motifs is 1. The van der Waals surface area contributed by atoms with Crippen LogP contribution in [0.25, 0.3) is 0 Å². The van der Waals surface area contributed by atoms with Gasteiger partial charge in [-0.05, 0) is 61.6 Å². The van der Waals surface area contributed by atoms with E-state index in [-0.39, 0.29) is 11.3 Å². The molecule has 23 heavy (non-hydrogen) atoms. The zero-order chi connectivity index (χ0) is 16.4. The van der Waals surface area contributed by atoms with Gasteiger partial charge in [-0.2, -0.15) is 0 Å². The van der Waals surface area contributed by atoms with Crippen LogP contribution in [0, 0.1) is 6.92 Å². The molecule has 0 bridgehead atoms. The molecule has 0 amide bonds. The molecule has 0 spiro atoms. The second-order valence-electron chi connectivity index (χ2n) is 5.55. The van der Waals surface area contributed by atoms with Gasteiger partial charge in [0.05, 0.1) is 16.3 Å². The monoisotopic (exact) mass is 329 g/mol. The fourth-order valence-corrected chi connectivity index (χ4v) is 2.88. The van der Waals surface area contributed by atoms with E-state index in [2.05, 4.69) is 5.16 Å². The van der Waals surface area contributed by atoms with E-state index in [4.69, 9.17) is 16.4 Å². The standard InChI is InChI=1S/C18H16ClNO3/c1-11-9-14-12(10-17(11)21)5-4-8-16(14)20-23-18(22)13-6-2-3-7-15(13)19/h2-3,6-7,9-10,21H,4-5,8H2,1H3/b20-16+. The number of hydrogen-bond acceptors (Lipinski definition) is 4. The van der Waals surface area contributed by atoms with Crippen LogP contribution in [0.3, 0.4) is 0 Å². The Labute approximate surface area is 139 Å². The van der Waals surface area contributed by atoms with Crippen LogP contribution in [0.1, 0.15) is 39.9 Å². The van der Waals surface area contributed by atoms with E-state index in [1.54, 1.807) is 30.3 Å². The number of phenolic OH excluding ortho intramolecular Hbond substituents is 1. The zero-order valence-corrected chi connectivity index (χ0v) is 13.4. The van der Waals surface area contributed by atoms with Gasteiger partial charge in [-0.1, -0.05) is 28.9 Å². The third-order valence-electron chi connectivity index (χ3n) is 3.92. The molecule has 0 fully saturated rings. The van der Waals surface area contributed by atoms with Gasteiger partial charge in [0.2, 0.25) is 0 Å². The predicted octanol–water partition coefficient (Wildman–Crippen LogP) is 4.25. The molecule has 0 unspecified atom stereocenters. The summed E-state index contributed by atoms with van der Waals surface area (Å²) in [5.74, 6) is -0.302. The minimum atomic E-state index is -0.578. The van der Waals surface area contributed by atoms with Gasteiger partial charge < -0.3 is 9.94 Å². The van der Waals surface area contributed by atoms with Crippen LogP contribution in [-0.4, -0.2) is 16.8 Å². The van der Waals surface area contributed by atoms with Crippen LogP contribution in [0.2, 0.25) is 5.02 Å². The molecule has 4 nitrogen and oxygen atoms in total. The highest BCUT2D eigenvalue weighted by Gasteiger charge is 2.19. The van der Waals surface area contributed by atoms with Gasteiger partial charge in [-0.15, -0.1) is 0 Å². The van der Waals surface area contributed by atoms with Crippen molar-refractivity contribution in [1.29, 1.82) is 0 Å². The SMILES string of the molecule is Cc1cc2c(cc1O)CCC/C2=N\OC(=O)c1ccccc1Cl. The summed E-state index contributed by atoms with van der Waals surface area (Å²) in [7, 11) is 0. The lowest BCUT2D eigenvalue weighted by molar-refractivity contribution is 0.0515. The van der Waals surface area contributed by atoms with Gasteiger partial charge >= 0.3 is 5.97 Å². The highest BCUT2D eigenvalue weighted by molar-refractivity contribution is 6.33. The van der Waals surface area contributed by atoms with E-state index in [1.165, 1.54) is 0 Å². The first-order chi connectivity index (χ1) is 11.1. The summed E-state index contributed by atoms with van der Waals surface area (Å²) in [6, 6.07) is 10.3. The first-order valence-electron chi connectivity index (χ1n) is 7.42. The Morgan fingerprint density at radius 3 is 2.83 bits per heavy atom. The molecule has 0 radical (unpaired) electrons. The molecule has 0 heterocycles. The Morgan fingerprint density at radius 1 is 1.26 bits per heavy atom. The van der Waals surface area contributed by atoms with Crippen molar-refractivity contribution >= 4 is 23.3 Å². The molecule has 2 aromatic carbocycles. The van der Waals surface area contributed by atoms with Crippen molar-refractivity contribution in [3.8, 4) is 5.75 Å². The van der Waals surface area contributed by atoms with Crippen molar-refractivity contribution in [3.63, 3.8) is 0 Å². The summed E-state index contributed by atoms with van der Waals surface area (Å²) in [4.78, 5) is 17.2. The van der Waals surface area contributed by atoms with Crippen LogP contribution in [0.4, 0.5) is 0 Å². The second-order valence-corrected chi connectivity index (χ2v) is 5.95. The fraction of sp³-hybridized carbons (Fsp3) is 0.222. The maximum atomic E-state index is 12.1. The maximum absolute atomic E-state index is 12.1. The summed E-state index contributed by atoms with van der Waals surface area (Å²) in [6.45, 7) is 1.83. The smallest absolute Gasteiger partial charge is 0.367 e. The highest BCUT2D eigenvalue weighted by Crippen LogP contribution is 2.28. The van der Waals surface area contributed by atoms with E-state index >= 15 is 0 Å². The van der Waals surface area contributed by atoms with E-state index in [0.29, 0.717) is 5.02 Å². The summed E-state index contributed by atoms with van der Waals surface area (Å²) < 4.78 is 0. The van der Waals surface area contributed by atoms with Gasteiger partial charge in [0.15, 0.2) is 0 Å². The van der Waals surface area contributed by atoms with Gasteiger partial charge in [0.25, 0.3) is 0 Å². The molecular formula is C18H16ClNO3. The number of carbonyl (C=O) groups is 1. The molecule has 1 aliphatic carbocycles. The normalized spacial score (nSPS) is 15.3. The average Bonchev–Trinajstić information content (AvgIpc) is 2.54. The first kappa shape index (κ1) is 15.6. The fourth-order valence-electron chi connectivity index (χ4n) is 2.66. The van der Waals surface area contributed by atoms with Crippen molar-refractivity contribution in [1.82, 2.24) is 0 Å². The Balaban J connectivity index is 1.86. The number of nitrogens with zero attached hydrogens (tertiary/aromatic N) is 1. The Morgan fingerprint density at radius 2 is 2.04 bits per heavy atom. The molecule has 5 heteroatoms. The Bertz CT molecular complexity index is 799.